The predicted octanol–water partition coefficient (Wildman–Crippen LogP) is 3.27. The van der Waals surface area contributed by atoms with E-state index < -0.39 is 0 Å². The molecule has 0 bridgehead atoms. The minimum Gasteiger partial charge on any atom is -0.491 e. The number of hydrogen-bond donors (Lipinski definition) is 1. The van der Waals surface area contributed by atoms with Crippen molar-refractivity contribution in [3.8, 4) is 5.75 Å². The van der Waals surface area contributed by atoms with Crippen LogP contribution >= 0.6 is 0 Å². The number of likely N-dealkylation sites (N-methyl/N-ethyl adjacent to an activating group) is 1. The molecule has 8 nitrogen and oxygen atoms in total. The fraction of sp³-hybridized carbons (Fsp3) is 0.692. The molecule has 1 fully saturated rings. The van der Waals surface area contributed by atoms with Crippen LogP contribution in [0.25, 0.3) is 0 Å². The van der Waals surface area contributed by atoms with Gasteiger partial charge in [-0.15, -0.1) is 0 Å². The molecule has 0 saturated carbocycles. The standard InChI is InChI=1S/C26H41N3O5/c1-6-11-29-15-18(2)24(32-5)16-28(4)26(31)22-14-21(7-8-23(22)34-17-19(29)3)27-25(30)20-9-12-33-13-10-20/h7-8,14,18-20,24H,6,9-13,15-17H2,1-5H3,(H,27,30)/t18-,19+,24-/m1/s1. The van der Waals surface area contributed by atoms with Crippen LogP contribution in [0, 0.1) is 11.8 Å². The van der Waals surface area contributed by atoms with E-state index in [1.165, 1.54) is 0 Å². The molecule has 0 aliphatic carbocycles. The summed E-state index contributed by atoms with van der Waals surface area (Å²) in [6.45, 7) is 10.5. The topological polar surface area (TPSA) is 80.3 Å². The number of fused-ring (bicyclic) bond motifs is 1. The summed E-state index contributed by atoms with van der Waals surface area (Å²) in [6.07, 6.45) is 2.40. The highest BCUT2D eigenvalue weighted by Crippen LogP contribution is 2.27. The Morgan fingerprint density at radius 2 is 1.94 bits per heavy atom. The number of carbonyl (C=O) groups is 2. The molecular weight excluding hydrogens is 434 g/mol. The second kappa shape index (κ2) is 12.5. The maximum Gasteiger partial charge on any atom is 0.257 e. The lowest BCUT2D eigenvalue weighted by Crippen LogP contribution is -2.46. The van der Waals surface area contributed by atoms with Gasteiger partial charge in [-0.25, -0.2) is 0 Å². The van der Waals surface area contributed by atoms with E-state index >= 15 is 0 Å². The highest BCUT2D eigenvalue weighted by molar-refractivity contribution is 5.99. The van der Waals surface area contributed by atoms with Gasteiger partial charge in [0.05, 0.1) is 11.7 Å². The Hall–Kier alpha value is -2.16. The highest BCUT2D eigenvalue weighted by Gasteiger charge is 2.28. The smallest absolute Gasteiger partial charge is 0.257 e. The normalized spacial score (nSPS) is 25.6. The molecule has 0 radical (unpaired) electrons. The third-order valence-corrected chi connectivity index (χ3v) is 6.94. The summed E-state index contributed by atoms with van der Waals surface area (Å²) in [5.74, 6) is 0.532. The first-order chi connectivity index (χ1) is 16.3. The quantitative estimate of drug-likeness (QED) is 0.704. The van der Waals surface area contributed by atoms with Gasteiger partial charge in [0.2, 0.25) is 5.91 Å². The minimum atomic E-state index is -0.148. The summed E-state index contributed by atoms with van der Waals surface area (Å²) >= 11 is 0. The fourth-order valence-corrected chi connectivity index (χ4v) is 4.73. The van der Waals surface area contributed by atoms with Crippen molar-refractivity contribution in [1.82, 2.24) is 9.80 Å². The van der Waals surface area contributed by atoms with Gasteiger partial charge in [0.1, 0.15) is 12.4 Å². The van der Waals surface area contributed by atoms with Crippen molar-refractivity contribution >= 4 is 17.5 Å². The summed E-state index contributed by atoms with van der Waals surface area (Å²) in [7, 11) is 3.50. The lowest BCUT2D eigenvalue weighted by atomic mass is 9.99. The van der Waals surface area contributed by atoms with Crippen LogP contribution in [0.2, 0.25) is 0 Å². The van der Waals surface area contributed by atoms with Gasteiger partial charge in [0.25, 0.3) is 5.91 Å². The molecule has 0 aromatic heterocycles. The first-order valence-electron chi connectivity index (χ1n) is 12.5. The van der Waals surface area contributed by atoms with Crippen LogP contribution in [0.5, 0.6) is 5.75 Å². The molecule has 1 N–H and O–H groups in total. The zero-order valence-electron chi connectivity index (χ0n) is 21.3. The third kappa shape index (κ3) is 6.71. The molecule has 1 aromatic carbocycles. The molecular formula is C26H41N3O5. The molecule has 2 heterocycles. The molecule has 0 spiro atoms. The number of rotatable bonds is 5. The van der Waals surface area contributed by atoms with E-state index in [-0.39, 0.29) is 35.8 Å². The summed E-state index contributed by atoms with van der Waals surface area (Å²) in [5, 5.41) is 2.99. The van der Waals surface area contributed by atoms with E-state index in [1.54, 1.807) is 31.2 Å². The minimum absolute atomic E-state index is 0.0322. The molecule has 3 atom stereocenters. The van der Waals surface area contributed by atoms with Crippen LogP contribution in [-0.4, -0.2) is 87.4 Å². The van der Waals surface area contributed by atoms with E-state index in [9.17, 15) is 9.59 Å². The van der Waals surface area contributed by atoms with Gasteiger partial charge in [-0.3, -0.25) is 14.5 Å². The molecule has 2 amide bonds. The van der Waals surface area contributed by atoms with Crippen LogP contribution in [0.15, 0.2) is 18.2 Å². The van der Waals surface area contributed by atoms with E-state index in [0.717, 1.165) is 19.5 Å². The molecule has 8 heteroatoms. The van der Waals surface area contributed by atoms with Gasteiger partial charge in [0, 0.05) is 58.1 Å². The second-order valence-corrected chi connectivity index (χ2v) is 9.68. The molecule has 3 rings (SSSR count). The van der Waals surface area contributed by atoms with Gasteiger partial charge < -0.3 is 24.4 Å². The fourth-order valence-electron chi connectivity index (χ4n) is 4.73. The number of nitrogens with one attached hydrogen (secondary N) is 1. The lowest BCUT2D eigenvalue weighted by molar-refractivity contribution is -0.122. The van der Waals surface area contributed by atoms with Gasteiger partial charge in [-0.1, -0.05) is 13.8 Å². The third-order valence-electron chi connectivity index (χ3n) is 6.94. The molecule has 1 saturated heterocycles. The first-order valence-corrected chi connectivity index (χ1v) is 12.5. The summed E-state index contributed by atoms with van der Waals surface area (Å²) in [6, 6.07) is 5.52. The average molecular weight is 476 g/mol. The van der Waals surface area contributed by atoms with E-state index in [0.29, 0.717) is 56.2 Å². The van der Waals surface area contributed by atoms with Crippen LogP contribution in [0.1, 0.15) is 50.4 Å². The number of benzene rings is 1. The average Bonchev–Trinajstić information content (AvgIpc) is 2.85. The zero-order chi connectivity index (χ0) is 24.7. The van der Waals surface area contributed by atoms with Crippen molar-refractivity contribution < 1.29 is 23.8 Å². The maximum absolute atomic E-state index is 13.5. The monoisotopic (exact) mass is 475 g/mol. The van der Waals surface area contributed by atoms with Crippen molar-refractivity contribution in [3.05, 3.63) is 23.8 Å². The largest absolute Gasteiger partial charge is 0.491 e. The number of nitrogens with zero attached hydrogens (tertiary/aromatic N) is 2. The molecule has 1 aromatic rings. The maximum atomic E-state index is 13.5. The van der Waals surface area contributed by atoms with Gasteiger partial charge >= 0.3 is 0 Å². The van der Waals surface area contributed by atoms with E-state index in [2.05, 4.69) is 31.0 Å². The van der Waals surface area contributed by atoms with Crippen molar-refractivity contribution in [2.75, 3.05) is 58.9 Å². The Morgan fingerprint density at radius 1 is 1.21 bits per heavy atom. The van der Waals surface area contributed by atoms with Crippen molar-refractivity contribution in [3.63, 3.8) is 0 Å². The van der Waals surface area contributed by atoms with Crippen molar-refractivity contribution in [2.45, 2.75) is 52.2 Å². The number of anilines is 1. The summed E-state index contributed by atoms with van der Waals surface area (Å²) in [4.78, 5) is 30.3. The van der Waals surface area contributed by atoms with Crippen molar-refractivity contribution in [2.24, 2.45) is 11.8 Å². The van der Waals surface area contributed by atoms with Crippen LogP contribution in [0.3, 0.4) is 0 Å². The number of amides is 2. The Balaban J connectivity index is 1.87. The summed E-state index contributed by atoms with van der Waals surface area (Å²) in [5.41, 5.74) is 1.05. The SMILES string of the molecule is CCCN1C[C@@H](C)[C@H](OC)CN(C)C(=O)c2cc(NC(=O)C3CCOCC3)ccc2OC[C@@H]1C. The Morgan fingerprint density at radius 3 is 2.62 bits per heavy atom. The second-order valence-electron chi connectivity index (χ2n) is 9.68. The number of methoxy groups -OCH3 is 1. The summed E-state index contributed by atoms with van der Waals surface area (Å²) < 4.78 is 17.3. The number of ether oxygens (including phenoxy) is 3. The van der Waals surface area contributed by atoms with Gasteiger partial charge in [0.15, 0.2) is 0 Å². The molecule has 34 heavy (non-hydrogen) atoms. The first kappa shape index (κ1) is 26.4. The van der Waals surface area contributed by atoms with Crippen LogP contribution in [-0.2, 0) is 14.3 Å². The highest BCUT2D eigenvalue weighted by atomic mass is 16.5. The predicted molar refractivity (Wildman–Crippen MR) is 132 cm³/mol. The molecule has 0 unspecified atom stereocenters. The van der Waals surface area contributed by atoms with Crippen LogP contribution in [0.4, 0.5) is 5.69 Å². The zero-order valence-corrected chi connectivity index (χ0v) is 21.3. The van der Waals surface area contributed by atoms with Gasteiger partial charge in [-0.2, -0.15) is 0 Å². The Labute approximate surface area is 203 Å². The molecule has 2 aliphatic heterocycles. The van der Waals surface area contributed by atoms with E-state index in [1.807, 2.05) is 6.07 Å². The van der Waals surface area contributed by atoms with Crippen LogP contribution < -0.4 is 10.1 Å². The Kier molecular flexibility index (Phi) is 9.74. The number of carbonyl (C=O) groups excluding carboxylic acids is 2. The molecule has 190 valence electrons. The number of hydrogen-bond acceptors (Lipinski definition) is 6. The van der Waals surface area contributed by atoms with Crippen molar-refractivity contribution in [1.29, 1.82) is 0 Å². The molecule has 2 aliphatic rings. The van der Waals surface area contributed by atoms with Gasteiger partial charge in [-0.05, 0) is 56.8 Å². The lowest BCUT2D eigenvalue weighted by Gasteiger charge is -2.35. The Bertz CT molecular complexity index is 827. The van der Waals surface area contributed by atoms with E-state index in [4.69, 9.17) is 14.2 Å².